The highest BCUT2D eigenvalue weighted by Crippen LogP contribution is 2.27. The van der Waals surface area contributed by atoms with Gasteiger partial charge in [0, 0.05) is 11.8 Å². The highest BCUT2D eigenvalue weighted by molar-refractivity contribution is 7.80. The van der Waals surface area contributed by atoms with Crippen molar-refractivity contribution in [3.63, 3.8) is 0 Å². The van der Waals surface area contributed by atoms with Gasteiger partial charge in [-0.25, -0.2) is 0 Å². The first kappa shape index (κ1) is 22.8. The molecular formula is C25H24N2O4S. The molecule has 0 unspecified atom stereocenters. The number of benzene rings is 3. The van der Waals surface area contributed by atoms with Crippen LogP contribution in [0.25, 0.3) is 6.08 Å². The lowest BCUT2D eigenvalue weighted by Gasteiger charge is -2.10. The first-order valence-corrected chi connectivity index (χ1v) is 10.3. The average molecular weight is 449 g/mol. The van der Waals surface area contributed by atoms with Crippen molar-refractivity contribution in [1.82, 2.24) is 5.32 Å². The molecule has 0 saturated carbocycles. The summed E-state index contributed by atoms with van der Waals surface area (Å²) in [5.41, 5.74) is 2.63. The van der Waals surface area contributed by atoms with Gasteiger partial charge in [-0.1, -0.05) is 36.4 Å². The van der Waals surface area contributed by atoms with E-state index in [1.165, 1.54) is 6.08 Å². The second kappa shape index (κ2) is 11.5. The maximum Gasteiger partial charge on any atom is 0.250 e. The van der Waals surface area contributed by atoms with Crippen molar-refractivity contribution >= 4 is 35.0 Å². The van der Waals surface area contributed by atoms with Crippen molar-refractivity contribution < 1.29 is 19.0 Å². The molecule has 7 heteroatoms. The third kappa shape index (κ3) is 6.85. The van der Waals surface area contributed by atoms with Gasteiger partial charge in [-0.15, -0.1) is 0 Å². The zero-order valence-corrected chi connectivity index (χ0v) is 18.6. The molecule has 0 bridgehead atoms. The van der Waals surface area contributed by atoms with Crippen molar-refractivity contribution in [2.45, 2.75) is 6.61 Å². The highest BCUT2D eigenvalue weighted by Gasteiger charge is 2.05. The molecule has 164 valence electrons. The number of amides is 1. The lowest BCUT2D eigenvalue weighted by molar-refractivity contribution is -0.115. The summed E-state index contributed by atoms with van der Waals surface area (Å²) in [6.45, 7) is 0.495. The summed E-state index contributed by atoms with van der Waals surface area (Å²) in [4.78, 5) is 12.2. The van der Waals surface area contributed by atoms with Gasteiger partial charge in [-0.3, -0.25) is 10.1 Å². The fourth-order valence-electron chi connectivity index (χ4n) is 2.82. The molecule has 0 aliphatic carbocycles. The Morgan fingerprint density at radius 3 is 2.34 bits per heavy atom. The average Bonchev–Trinajstić information content (AvgIpc) is 2.82. The Kier molecular flexibility index (Phi) is 8.22. The molecule has 0 aromatic heterocycles. The Morgan fingerprint density at radius 2 is 1.66 bits per heavy atom. The molecule has 32 heavy (non-hydrogen) atoms. The zero-order chi connectivity index (χ0) is 22.8. The predicted octanol–water partition coefficient (Wildman–Crippen LogP) is 4.81. The topological polar surface area (TPSA) is 68.8 Å². The molecule has 0 saturated heterocycles. The minimum Gasteiger partial charge on any atom is -0.493 e. The van der Waals surface area contributed by atoms with E-state index in [1.54, 1.807) is 32.4 Å². The minimum atomic E-state index is -0.347. The fraction of sp³-hybridized carbons (Fsp3) is 0.120. The second-order valence-electron chi connectivity index (χ2n) is 6.69. The van der Waals surface area contributed by atoms with Gasteiger partial charge in [-0.2, -0.15) is 0 Å². The van der Waals surface area contributed by atoms with Crippen molar-refractivity contribution in [2.24, 2.45) is 0 Å². The standard InChI is InChI=1S/C25H24N2O4S/c1-29-22-14-8-18(16-23(22)30-2)9-15-24(28)27-25(32)26-20-10-12-21(13-11-20)31-17-19-6-4-3-5-7-19/h3-16H,17H2,1-2H3,(H2,26,27,28,32)/b15-9+. The van der Waals surface area contributed by atoms with E-state index in [4.69, 9.17) is 26.4 Å². The van der Waals surface area contributed by atoms with Crippen molar-refractivity contribution in [2.75, 3.05) is 19.5 Å². The van der Waals surface area contributed by atoms with Gasteiger partial charge in [0.2, 0.25) is 5.91 Å². The number of ether oxygens (including phenoxy) is 3. The fourth-order valence-corrected chi connectivity index (χ4v) is 3.04. The molecule has 3 aromatic rings. The number of rotatable bonds is 8. The molecule has 0 atom stereocenters. The maximum absolute atomic E-state index is 12.2. The SMILES string of the molecule is COc1ccc(/C=C/C(=O)NC(=S)Nc2ccc(OCc3ccccc3)cc2)cc1OC. The van der Waals surface area contributed by atoms with Crippen LogP contribution in [0.4, 0.5) is 5.69 Å². The van der Waals surface area contributed by atoms with Crippen molar-refractivity contribution in [3.8, 4) is 17.2 Å². The number of carbonyl (C=O) groups is 1. The summed E-state index contributed by atoms with van der Waals surface area (Å²) in [6.07, 6.45) is 3.06. The first-order chi connectivity index (χ1) is 15.6. The number of nitrogens with one attached hydrogen (secondary N) is 2. The van der Waals surface area contributed by atoms with Crippen LogP contribution in [0.3, 0.4) is 0 Å². The molecule has 0 aliphatic rings. The number of carbonyl (C=O) groups excluding carboxylic acids is 1. The first-order valence-electron chi connectivity index (χ1n) is 9.86. The summed E-state index contributed by atoms with van der Waals surface area (Å²) in [5.74, 6) is 1.60. The second-order valence-corrected chi connectivity index (χ2v) is 7.10. The predicted molar refractivity (Wildman–Crippen MR) is 130 cm³/mol. The third-order valence-electron chi connectivity index (χ3n) is 4.43. The van der Waals surface area contributed by atoms with Crippen molar-refractivity contribution in [3.05, 3.63) is 90.0 Å². The van der Waals surface area contributed by atoms with Gasteiger partial charge in [0.05, 0.1) is 14.2 Å². The minimum absolute atomic E-state index is 0.199. The largest absolute Gasteiger partial charge is 0.493 e. The van der Waals surface area contributed by atoms with E-state index in [1.807, 2.05) is 60.7 Å². The molecule has 1 amide bonds. The van der Waals surface area contributed by atoms with Crippen LogP contribution < -0.4 is 24.8 Å². The Labute approximate surface area is 192 Å². The van der Waals surface area contributed by atoms with Crippen LogP contribution in [0, 0.1) is 0 Å². The molecule has 0 heterocycles. The summed E-state index contributed by atoms with van der Waals surface area (Å²) in [7, 11) is 3.13. The van der Waals surface area contributed by atoms with Gasteiger partial charge in [0.25, 0.3) is 0 Å². The molecule has 0 spiro atoms. The van der Waals surface area contributed by atoms with Crippen LogP contribution in [0.15, 0.2) is 78.9 Å². The zero-order valence-electron chi connectivity index (χ0n) is 17.8. The third-order valence-corrected chi connectivity index (χ3v) is 4.64. The van der Waals surface area contributed by atoms with E-state index in [0.29, 0.717) is 18.1 Å². The number of thiocarbonyl (C=S) groups is 1. The van der Waals surface area contributed by atoms with E-state index in [0.717, 1.165) is 22.6 Å². The van der Waals surface area contributed by atoms with E-state index in [2.05, 4.69) is 10.6 Å². The summed E-state index contributed by atoms with van der Waals surface area (Å²) in [6, 6.07) is 22.7. The van der Waals surface area contributed by atoms with Crippen LogP contribution in [0.2, 0.25) is 0 Å². The quantitative estimate of drug-likeness (QED) is 0.381. The number of hydrogen-bond donors (Lipinski definition) is 2. The van der Waals surface area contributed by atoms with E-state index in [-0.39, 0.29) is 11.0 Å². The molecule has 0 aliphatic heterocycles. The van der Waals surface area contributed by atoms with Crippen LogP contribution in [-0.4, -0.2) is 25.2 Å². The number of anilines is 1. The molecule has 2 N–H and O–H groups in total. The van der Waals surface area contributed by atoms with Gasteiger partial charge in [-0.05, 0) is 65.8 Å². The molecule has 0 fully saturated rings. The molecule has 6 nitrogen and oxygen atoms in total. The Bertz CT molecular complexity index is 1080. The smallest absolute Gasteiger partial charge is 0.250 e. The summed E-state index contributed by atoms with van der Waals surface area (Å²) >= 11 is 5.22. The molecular weight excluding hydrogens is 424 g/mol. The highest BCUT2D eigenvalue weighted by atomic mass is 32.1. The van der Waals surface area contributed by atoms with Gasteiger partial charge in [0.1, 0.15) is 12.4 Å². The Hall–Kier alpha value is -3.84. The maximum atomic E-state index is 12.2. The lowest BCUT2D eigenvalue weighted by Crippen LogP contribution is -2.32. The normalized spacial score (nSPS) is 10.4. The van der Waals surface area contributed by atoms with E-state index in [9.17, 15) is 4.79 Å². The number of methoxy groups -OCH3 is 2. The van der Waals surface area contributed by atoms with Gasteiger partial charge in [0.15, 0.2) is 16.6 Å². The van der Waals surface area contributed by atoms with E-state index < -0.39 is 0 Å². The van der Waals surface area contributed by atoms with Gasteiger partial charge < -0.3 is 19.5 Å². The van der Waals surface area contributed by atoms with Crippen LogP contribution in [-0.2, 0) is 11.4 Å². The van der Waals surface area contributed by atoms with Crippen LogP contribution >= 0.6 is 12.2 Å². The van der Waals surface area contributed by atoms with Crippen LogP contribution in [0.5, 0.6) is 17.2 Å². The summed E-state index contributed by atoms with van der Waals surface area (Å²) < 4.78 is 16.2. The van der Waals surface area contributed by atoms with Crippen LogP contribution in [0.1, 0.15) is 11.1 Å². The molecule has 3 rings (SSSR count). The van der Waals surface area contributed by atoms with Crippen molar-refractivity contribution in [1.29, 1.82) is 0 Å². The molecule has 0 radical (unpaired) electrons. The Balaban J connectivity index is 1.48. The lowest BCUT2D eigenvalue weighted by atomic mass is 10.2. The monoisotopic (exact) mass is 448 g/mol. The van der Waals surface area contributed by atoms with Gasteiger partial charge >= 0.3 is 0 Å². The molecule has 3 aromatic carbocycles. The van der Waals surface area contributed by atoms with E-state index >= 15 is 0 Å². The summed E-state index contributed by atoms with van der Waals surface area (Å²) in [5, 5.41) is 5.80. The Morgan fingerprint density at radius 1 is 0.938 bits per heavy atom. The number of hydrogen-bond acceptors (Lipinski definition) is 5.